The fourth-order valence-electron chi connectivity index (χ4n) is 3.16. The maximum Gasteiger partial charge on any atom is 0.327 e. The molecule has 2 heterocycles. The van der Waals surface area contributed by atoms with Gasteiger partial charge in [-0.3, -0.25) is 9.78 Å². The van der Waals surface area contributed by atoms with Gasteiger partial charge in [0.05, 0.1) is 25.0 Å². The van der Waals surface area contributed by atoms with Gasteiger partial charge in [-0.1, -0.05) is 16.8 Å². The second-order valence-electron chi connectivity index (χ2n) is 6.42. The van der Waals surface area contributed by atoms with Gasteiger partial charge in [-0.25, -0.2) is 9.80 Å². The Labute approximate surface area is 145 Å². The Morgan fingerprint density at radius 3 is 2.84 bits per heavy atom. The van der Waals surface area contributed by atoms with Crippen LogP contribution in [0.5, 0.6) is 5.88 Å². The molecule has 0 bridgehead atoms. The number of rotatable bonds is 5. The first-order chi connectivity index (χ1) is 12.1. The van der Waals surface area contributed by atoms with Gasteiger partial charge in [0.1, 0.15) is 13.1 Å². The molecule has 1 aliphatic carbocycles. The smallest absolute Gasteiger partial charge is 0.327 e. The minimum atomic E-state index is -0.681. The van der Waals surface area contributed by atoms with E-state index in [1.54, 1.807) is 0 Å². The summed E-state index contributed by atoms with van der Waals surface area (Å²) < 4.78 is 6.35. The van der Waals surface area contributed by atoms with Crippen molar-refractivity contribution in [2.24, 2.45) is 5.10 Å². The summed E-state index contributed by atoms with van der Waals surface area (Å²) in [7, 11) is 0. The third-order valence-corrected chi connectivity index (χ3v) is 4.67. The van der Waals surface area contributed by atoms with E-state index in [9.17, 15) is 14.7 Å². The van der Waals surface area contributed by atoms with Crippen molar-refractivity contribution in [1.82, 2.24) is 9.55 Å². The molecule has 0 amide bonds. The van der Waals surface area contributed by atoms with Crippen molar-refractivity contribution in [2.75, 3.05) is 26.3 Å². The molecule has 8 nitrogen and oxygen atoms in total. The lowest BCUT2D eigenvalue weighted by Gasteiger charge is -2.20. The lowest BCUT2D eigenvalue weighted by atomic mass is 9.97. The van der Waals surface area contributed by atoms with Gasteiger partial charge in [-0.15, -0.1) is 0 Å². The fraction of sp³-hybridized carbons (Fsp3) is 0.588. The number of quaternary nitrogens is 1. The largest absolute Gasteiger partial charge is 0.859 e. The Morgan fingerprint density at radius 2 is 2.12 bits per heavy atom. The van der Waals surface area contributed by atoms with E-state index >= 15 is 0 Å². The SMILES string of the molecule is O=c1[nH]c(=O)n(CCC2=CCCCC2)c([O-])c1C=N[NH+]1CCOCC1. The summed E-state index contributed by atoms with van der Waals surface area (Å²) in [4.78, 5) is 26.2. The average molecular weight is 348 g/mol. The van der Waals surface area contributed by atoms with Crippen molar-refractivity contribution in [3.05, 3.63) is 38.1 Å². The minimum absolute atomic E-state index is 0.0868. The van der Waals surface area contributed by atoms with E-state index in [-0.39, 0.29) is 12.1 Å². The number of morpholine rings is 1. The first kappa shape index (κ1) is 17.6. The number of nitrogens with zero attached hydrogens (tertiary/aromatic N) is 2. The number of aromatic nitrogens is 2. The highest BCUT2D eigenvalue weighted by atomic mass is 16.5. The van der Waals surface area contributed by atoms with Gasteiger partial charge >= 0.3 is 5.69 Å². The molecule has 1 saturated heterocycles. The van der Waals surface area contributed by atoms with Crippen molar-refractivity contribution in [2.45, 2.75) is 38.6 Å². The molecule has 0 unspecified atom stereocenters. The predicted molar refractivity (Wildman–Crippen MR) is 91.0 cm³/mol. The zero-order valence-corrected chi connectivity index (χ0v) is 14.3. The van der Waals surface area contributed by atoms with Gasteiger partial charge in [0.15, 0.2) is 0 Å². The van der Waals surface area contributed by atoms with Crippen LogP contribution in [0.25, 0.3) is 0 Å². The summed E-state index contributed by atoms with van der Waals surface area (Å²) in [6.45, 7) is 2.86. The van der Waals surface area contributed by atoms with Crippen molar-refractivity contribution >= 4 is 6.21 Å². The Bertz CT molecular complexity index is 772. The number of H-pyrrole nitrogens is 1. The summed E-state index contributed by atoms with van der Waals surface area (Å²) in [6.07, 6.45) is 8.55. The molecule has 8 heteroatoms. The maximum atomic E-state index is 12.6. The van der Waals surface area contributed by atoms with E-state index in [2.05, 4.69) is 16.2 Å². The summed E-state index contributed by atoms with van der Waals surface area (Å²) >= 11 is 0. The van der Waals surface area contributed by atoms with Crippen molar-refractivity contribution in [1.29, 1.82) is 0 Å². The molecule has 1 aliphatic heterocycles. The van der Waals surface area contributed by atoms with Gasteiger partial charge < -0.3 is 14.4 Å². The van der Waals surface area contributed by atoms with Crippen LogP contribution in [-0.2, 0) is 11.3 Å². The Balaban J connectivity index is 1.78. The molecule has 1 aromatic rings. The van der Waals surface area contributed by atoms with Crippen molar-refractivity contribution in [3.63, 3.8) is 0 Å². The highest BCUT2D eigenvalue weighted by molar-refractivity contribution is 5.81. The van der Waals surface area contributed by atoms with Crippen LogP contribution >= 0.6 is 0 Å². The van der Waals surface area contributed by atoms with Crippen LogP contribution in [0.2, 0.25) is 0 Å². The van der Waals surface area contributed by atoms with Crippen LogP contribution < -0.4 is 21.4 Å². The topological polar surface area (TPSA) is 104 Å². The van der Waals surface area contributed by atoms with Gasteiger partial charge in [-0.05, 0) is 38.0 Å². The molecule has 1 aromatic heterocycles. The van der Waals surface area contributed by atoms with E-state index in [0.717, 1.165) is 28.8 Å². The lowest BCUT2D eigenvalue weighted by Crippen LogP contribution is -3.09. The van der Waals surface area contributed by atoms with Crippen LogP contribution in [0.1, 0.15) is 37.7 Å². The normalized spacial score (nSPS) is 19.3. The number of allylic oxidation sites excluding steroid dienone is 2. The second-order valence-corrected chi connectivity index (χ2v) is 6.42. The highest BCUT2D eigenvalue weighted by Gasteiger charge is 2.13. The summed E-state index contributed by atoms with van der Waals surface area (Å²) in [6, 6.07) is 0. The summed E-state index contributed by atoms with van der Waals surface area (Å²) in [5.41, 5.74) is -0.144. The molecule has 0 spiro atoms. The van der Waals surface area contributed by atoms with E-state index in [1.807, 2.05) is 0 Å². The molecule has 136 valence electrons. The molecular weight excluding hydrogens is 324 g/mol. The van der Waals surface area contributed by atoms with E-state index in [1.165, 1.54) is 18.2 Å². The van der Waals surface area contributed by atoms with Gasteiger partial charge in [-0.2, -0.15) is 0 Å². The number of aromatic amines is 1. The standard InChI is InChI=1S/C17H24N4O4/c22-15-14(12-18-20-8-10-25-11-9-20)16(23)21(17(24)19-15)7-6-13-4-2-1-3-5-13/h4,12,23H,1-3,5-11H2,(H,19,22,24). The molecule has 0 radical (unpaired) electrons. The first-order valence-corrected chi connectivity index (χ1v) is 8.83. The second kappa shape index (κ2) is 8.26. The number of ether oxygens (including phenoxy) is 1. The molecule has 2 aliphatic rings. The summed E-state index contributed by atoms with van der Waals surface area (Å²) in [5.74, 6) is -0.568. The van der Waals surface area contributed by atoms with Crippen LogP contribution in [0.3, 0.4) is 0 Å². The number of hydrogen-bond acceptors (Lipinski definition) is 5. The molecule has 0 saturated carbocycles. The van der Waals surface area contributed by atoms with Crippen LogP contribution in [0.15, 0.2) is 26.3 Å². The third-order valence-electron chi connectivity index (χ3n) is 4.67. The van der Waals surface area contributed by atoms with Crippen molar-refractivity contribution in [3.8, 4) is 5.88 Å². The zero-order chi connectivity index (χ0) is 17.6. The van der Waals surface area contributed by atoms with Crippen LogP contribution in [0, 0.1) is 0 Å². The van der Waals surface area contributed by atoms with Crippen molar-refractivity contribution < 1.29 is 14.9 Å². The van der Waals surface area contributed by atoms with E-state index in [0.29, 0.717) is 32.7 Å². The lowest BCUT2D eigenvalue weighted by molar-refractivity contribution is -0.914. The van der Waals surface area contributed by atoms with Crippen LogP contribution in [-0.4, -0.2) is 42.1 Å². The quantitative estimate of drug-likeness (QED) is 0.512. The van der Waals surface area contributed by atoms with Crippen LogP contribution in [0.4, 0.5) is 0 Å². The molecule has 1 fully saturated rings. The molecule has 0 aromatic carbocycles. The average Bonchev–Trinajstić information content (AvgIpc) is 2.63. The Kier molecular flexibility index (Phi) is 5.83. The first-order valence-electron chi connectivity index (χ1n) is 8.83. The third kappa shape index (κ3) is 4.46. The number of hydrogen-bond donors (Lipinski definition) is 2. The maximum absolute atomic E-state index is 12.6. The van der Waals surface area contributed by atoms with E-state index < -0.39 is 17.1 Å². The van der Waals surface area contributed by atoms with E-state index in [4.69, 9.17) is 4.74 Å². The predicted octanol–water partition coefficient (Wildman–Crippen LogP) is -1.25. The minimum Gasteiger partial charge on any atom is -0.859 e. The Morgan fingerprint density at radius 1 is 1.32 bits per heavy atom. The van der Waals surface area contributed by atoms with Gasteiger partial charge in [0, 0.05) is 6.54 Å². The van der Waals surface area contributed by atoms with Gasteiger partial charge in [0.2, 0.25) is 0 Å². The summed E-state index contributed by atoms with van der Waals surface area (Å²) in [5, 5.41) is 17.7. The monoisotopic (exact) mass is 348 g/mol. The molecule has 25 heavy (non-hydrogen) atoms. The molecule has 3 rings (SSSR count). The zero-order valence-electron chi connectivity index (χ0n) is 14.3. The fourth-order valence-corrected chi connectivity index (χ4v) is 3.16. The Hall–Kier alpha value is -2.19. The molecular formula is C17H24N4O4. The van der Waals surface area contributed by atoms with Gasteiger partial charge in [0.25, 0.3) is 5.56 Å². The number of nitrogens with one attached hydrogen (secondary N) is 2. The molecule has 0 atom stereocenters. The highest BCUT2D eigenvalue weighted by Crippen LogP contribution is 2.20. The molecule has 2 N–H and O–H groups in total.